The van der Waals surface area contributed by atoms with E-state index in [1.807, 2.05) is 66.9 Å². The van der Waals surface area contributed by atoms with Gasteiger partial charge in [-0.1, -0.05) is 98.7 Å². The summed E-state index contributed by atoms with van der Waals surface area (Å²) < 4.78 is 24.9. The summed E-state index contributed by atoms with van der Waals surface area (Å²) in [5.74, 6) is 0.745. The molecule has 0 aliphatic carbocycles. The van der Waals surface area contributed by atoms with Gasteiger partial charge in [0.2, 0.25) is 0 Å². The summed E-state index contributed by atoms with van der Waals surface area (Å²) >= 11 is 1.42. The van der Waals surface area contributed by atoms with Gasteiger partial charge < -0.3 is 23.7 Å². The maximum Gasteiger partial charge on any atom is 0.261 e. The van der Waals surface area contributed by atoms with Crippen LogP contribution in [0.2, 0.25) is 5.04 Å². The molecule has 1 fully saturated rings. The number of aliphatic hydroxyl groups is 1. The monoisotopic (exact) mass is 593 g/mol. The van der Waals surface area contributed by atoms with E-state index in [-0.39, 0.29) is 18.3 Å². The molecule has 1 aliphatic rings. The van der Waals surface area contributed by atoms with Crippen molar-refractivity contribution in [1.82, 2.24) is 0 Å². The van der Waals surface area contributed by atoms with Gasteiger partial charge in [-0.3, -0.25) is 0 Å². The van der Waals surface area contributed by atoms with Crippen LogP contribution in [0, 0.1) is 0 Å². The van der Waals surface area contributed by atoms with Gasteiger partial charge in [-0.05, 0) is 44.9 Å². The Hall–Kier alpha value is -2.82. The van der Waals surface area contributed by atoms with E-state index >= 15 is 0 Å². The number of ether oxygens (including phenoxy) is 3. The first-order valence-corrected chi connectivity index (χ1v) is 16.8. The van der Waals surface area contributed by atoms with Crippen LogP contribution in [-0.2, 0) is 20.5 Å². The minimum atomic E-state index is -2.86. The summed E-state index contributed by atoms with van der Waals surface area (Å²) in [6, 6.07) is 27.5. The third kappa shape index (κ3) is 6.81. The molecule has 8 nitrogen and oxygen atoms in total. The molecular formula is C31H39N3O5SSi. The van der Waals surface area contributed by atoms with Gasteiger partial charge >= 0.3 is 0 Å². The first-order chi connectivity index (χ1) is 19.7. The Morgan fingerprint density at radius 1 is 0.976 bits per heavy atom. The Labute approximate surface area is 247 Å². The standard InChI is InChI=1S/C31H39N3O5SSi/c1-31(2,3)41(24-12-8-6-9-13-24,25-14-10-7-11-15-25)38-21-26-28(35)29(27(33-34-32)30(39-26)40-5)37-20-22-16-18-23(36-4)19-17-22/h6-19,26-30,35H,20-21H2,1-5H3/t26-,27-,28-,29-,30+/m1/s1. The van der Waals surface area contributed by atoms with Crippen molar-refractivity contribution >= 4 is 30.5 Å². The summed E-state index contributed by atoms with van der Waals surface area (Å²) in [5, 5.41) is 17.7. The fraction of sp³-hybridized carbons (Fsp3) is 0.419. The molecule has 1 heterocycles. The highest BCUT2D eigenvalue weighted by molar-refractivity contribution is 7.99. The smallest absolute Gasteiger partial charge is 0.261 e. The van der Waals surface area contributed by atoms with E-state index in [1.54, 1.807) is 7.11 Å². The highest BCUT2D eigenvalue weighted by atomic mass is 32.2. The number of benzene rings is 3. The van der Waals surface area contributed by atoms with Crippen molar-refractivity contribution in [3.05, 3.63) is 101 Å². The maximum atomic E-state index is 11.6. The molecule has 1 N–H and O–H groups in total. The van der Waals surface area contributed by atoms with Crippen LogP contribution in [0.25, 0.3) is 10.4 Å². The lowest BCUT2D eigenvalue weighted by Gasteiger charge is -2.46. The number of nitrogens with zero attached hydrogens (tertiary/aromatic N) is 3. The molecule has 3 aromatic carbocycles. The number of methoxy groups -OCH3 is 1. The Balaban J connectivity index is 1.64. The number of hydrogen-bond donors (Lipinski definition) is 1. The first-order valence-electron chi connectivity index (χ1n) is 13.6. The zero-order valence-electron chi connectivity index (χ0n) is 24.2. The Morgan fingerprint density at radius 3 is 2.05 bits per heavy atom. The van der Waals surface area contributed by atoms with Crippen molar-refractivity contribution in [2.75, 3.05) is 20.0 Å². The van der Waals surface area contributed by atoms with Gasteiger partial charge in [0.05, 0.1) is 26.4 Å². The third-order valence-corrected chi connectivity index (χ3v) is 13.4. The van der Waals surface area contributed by atoms with Crippen molar-refractivity contribution in [1.29, 1.82) is 0 Å². The molecular weight excluding hydrogens is 555 g/mol. The second kappa shape index (κ2) is 13.9. The van der Waals surface area contributed by atoms with Crippen molar-refractivity contribution in [3.8, 4) is 5.75 Å². The molecule has 4 rings (SSSR count). The molecule has 0 bridgehead atoms. The second-order valence-corrected chi connectivity index (χ2v) is 16.3. The minimum Gasteiger partial charge on any atom is -0.497 e. The van der Waals surface area contributed by atoms with Gasteiger partial charge in [0, 0.05) is 4.91 Å². The van der Waals surface area contributed by atoms with Crippen LogP contribution in [0.5, 0.6) is 5.75 Å². The van der Waals surface area contributed by atoms with E-state index in [1.165, 1.54) is 11.8 Å². The molecule has 41 heavy (non-hydrogen) atoms. The van der Waals surface area contributed by atoms with Gasteiger partial charge in [0.15, 0.2) is 0 Å². The zero-order valence-corrected chi connectivity index (χ0v) is 26.0. The Kier molecular flexibility index (Phi) is 10.5. The van der Waals surface area contributed by atoms with E-state index in [9.17, 15) is 10.6 Å². The van der Waals surface area contributed by atoms with Crippen LogP contribution in [0.15, 0.2) is 90.0 Å². The second-order valence-electron chi connectivity index (χ2n) is 11.1. The zero-order chi connectivity index (χ0) is 29.5. The van der Waals surface area contributed by atoms with Gasteiger partial charge in [0.1, 0.15) is 29.4 Å². The fourth-order valence-electron chi connectivity index (χ4n) is 5.49. The predicted molar refractivity (Wildman–Crippen MR) is 166 cm³/mol. The molecule has 0 unspecified atom stereocenters. The number of azide groups is 1. The SMILES string of the molecule is COc1ccc(CO[C@H]2[C@H](O)[C@@H](CO[Si](c3ccccc3)(c3ccccc3)C(C)(C)C)O[C@@H](SC)[C@@H]2N=[N+]=[N-])cc1. The molecule has 0 radical (unpaired) electrons. The van der Waals surface area contributed by atoms with Crippen LogP contribution in [-0.4, -0.2) is 63.2 Å². The van der Waals surface area contributed by atoms with E-state index in [0.29, 0.717) is 0 Å². The molecule has 0 saturated carbocycles. The molecule has 3 aromatic rings. The summed E-state index contributed by atoms with van der Waals surface area (Å²) in [4.78, 5) is 3.04. The van der Waals surface area contributed by atoms with E-state index < -0.39 is 38.1 Å². The van der Waals surface area contributed by atoms with Crippen molar-refractivity contribution in [2.45, 2.75) is 62.2 Å². The highest BCUT2D eigenvalue weighted by Gasteiger charge is 2.52. The van der Waals surface area contributed by atoms with Crippen LogP contribution < -0.4 is 15.1 Å². The van der Waals surface area contributed by atoms with E-state index in [2.05, 4.69) is 55.1 Å². The number of hydrogen-bond acceptors (Lipinski definition) is 7. The topological polar surface area (TPSA) is 106 Å². The van der Waals surface area contributed by atoms with Gasteiger partial charge in [-0.2, -0.15) is 0 Å². The maximum absolute atomic E-state index is 11.6. The van der Waals surface area contributed by atoms with E-state index in [4.69, 9.17) is 18.6 Å². The fourth-order valence-corrected chi connectivity index (χ4v) is 10.8. The van der Waals surface area contributed by atoms with Gasteiger partial charge in [0.25, 0.3) is 8.32 Å². The summed E-state index contributed by atoms with van der Waals surface area (Å²) in [7, 11) is -1.25. The van der Waals surface area contributed by atoms with Gasteiger partial charge in [-0.15, -0.1) is 11.8 Å². The summed E-state index contributed by atoms with van der Waals surface area (Å²) in [5.41, 5.74) is 9.72. The molecule has 10 heteroatoms. The molecule has 0 amide bonds. The average Bonchev–Trinajstić information content (AvgIpc) is 2.99. The molecule has 1 aliphatic heterocycles. The van der Waals surface area contributed by atoms with Gasteiger partial charge in [-0.25, -0.2) is 0 Å². The van der Waals surface area contributed by atoms with E-state index in [0.717, 1.165) is 21.7 Å². The lowest BCUT2D eigenvalue weighted by Crippen LogP contribution is -2.68. The van der Waals surface area contributed by atoms with Crippen molar-refractivity contribution < 1.29 is 23.7 Å². The Bertz CT molecular complexity index is 1250. The van der Waals surface area contributed by atoms with Crippen LogP contribution >= 0.6 is 11.8 Å². The number of rotatable bonds is 11. The minimum absolute atomic E-state index is 0.150. The average molecular weight is 594 g/mol. The normalized spacial score (nSPS) is 23.0. The molecule has 218 valence electrons. The molecule has 5 atom stereocenters. The lowest BCUT2D eigenvalue weighted by molar-refractivity contribution is -0.183. The predicted octanol–water partition coefficient (Wildman–Crippen LogP) is 5.28. The quantitative estimate of drug-likeness (QED) is 0.140. The first kappa shape index (κ1) is 31.1. The van der Waals surface area contributed by atoms with Crippen LogP contribution in [0.3, 0.4) is 0 Å². The molecule has 1 saturated heterocycles. The van der Waals surface area contributed by atoms with Crippen molar-refractivity contribution in [2.24, 2.45) is 5.11 Å². The third-order valence-electron chi connectivity index (χ3n) is 7.54. The highest BCUT2D eigenvalue weighted by Crippen LogP contribution is 2.38. The Morgan fingerprint density at radius 2 is 1.56 bits per heavy atom. The number of thioether (sulfide) groups is 1. The largest absolute Gasteiger partial charge is 0.497 e. The van der Waals surface area contributed by atoms with Crippen LogP contribution in [0.1, 0.15) is 26.3 Å². The van der Waals surface area contributed by atoms with Crippen LogP contribution in [0.4, 0.5) is 0 Å². The molecule has 0 aromatic heterocycles. The van der Waals surface area contributed by atoms with Crippen molar-refractivity contribution in [3.63, 3.8) is 0 Å². The summed E-state index contributed by atoms with van der Waals surface area (Å²) in [6.45, 7) is 7.00. The summed E-state index contributed by atoms with van der Waals surface area (Å²) in [6.07, 6.45) is -0.666. The lowest BCUT2D eigenvalue weighted by atomic mass is 9.98. The molecule has 0 spiro atoms. The number of aliphatic hydroxyl groups excluding tert-OH is 1.